The van der Waals surface area contributed by atoms with Crippen LogP contribution in [0.5, 0.6) is 0 Å². The van der Waals surface area contributed by atoms with Gasteiger partial charge in [0, 0.05) is 36.5 Å². The normalized spacial score (nSPS) is 14.0. The molecule has 1 saturated carbocycles. The Bertz CT molecular complexity index is 878. The van der Waals surface area contributed by atoms with Crippen molar-refractivity contribution in [3.8, 4) is 11.4 Å². The van der Waals surface area contributed by atoms with Gasteiger partial charge in [0.05, 0.1) is 0 Å². The van der Waals surface area contributed by atoms with Gasteiger partial charge in [0.1, 0.15) is 16.0 Å². The molecule has 3 aromatic heterocycles. The topological polar surface area (TPSA) is 69.4 Å². The zero-order valence-electron chi connectivity index (χ0n) is 13.8. The van der Waals surface area contributed by atoms with Crippen LogP contribution in [-0.4, -0.2) is 29.7 Å². The first-order valence-corrected chi connectivity index (χ1v) is 9.50. The predicted octanol–water partition coefficient (Wildman–Crippen LogP) is 4.22. The summed E-state index contributed by atoms with van der Waals surface area (Å²) in [6, 6.07) is 5.67. The average molecular weight is 373 g/mol. The molecule has 0 unspecified atom stereocenters. The molecule has 1 fully saturated rings. The second-order valence-corrected chi connectivity index (χ2v) is 7.33. The SMILES string of the molecule is CCCn1c(Sc2cc(Cl)nc(C3CC3)n2)nnc1-c1ccncc1. The molecule has 3 aromatic rings. The zero-order chi connectivity index (χ0) is 17.2. The molecule has 0 atom stereocenters. The Balaban J connectivity index is 1.68. The predicted molar refractivity (Wildman–Crippen MR) is 96.7 cm³/mol. The van der Waals surface area contributed by atoms with Gasteiger partial charge in [0.2, 0.25) is 0 Å². The number of aromatic nitrogens is 6. The summed E-state index contributed by atoms with van der Waals surface area (Å²) in [6.45, 7) is 2.97. The van der Waals surface area contributed by atoms with E-state index in [1.165, 1.54) is 11.8 Å². The molecule has 128 valence electrons. The van der Waals surface area contributed by atoms with E-state index in [0.717, 1.165) is 53.2 Å². The molecular weight excluding hydrogens is 356 g/mol. The molecule has 0 saturated heterocycles. The lowest BCUT2D eigenvalue weighted by atomic mass is 10.2. The molecule has 0 aromatic carbocycles. The number of nitrogens with zero attached hydrogens (tertiary/aromatic N) is 6. The molecule has 0 bridgehead atoms. The van der Waals surface area contributed by atoms with Crippen LogP contribution in [0.4, 0.5) is 0 Å². The maximum Gasteiger partial charge on any atom is 0.197 e. The smallest absolute Gasteiger partial charge is 0.197 e. The van der Waals surface area contributed by atoms with E-state index in [-0.39, 0.29) is 0 Å². The van der Waals surface area contributed by atoms with Crippen molar-refractivity contribution in [3.05, 3.63) is 41.6 Å². The first-order valence-electron chi connectivity index (χ1n) is 8.30. The average Bonchev–Trinajstić information content (AvgIpc) is 3.40. The first kappa shape index (κ1) is 16.5. The van der Waals surface area contributed by atoms with Crippen molar-refractivity contribution >= 4 is 23.4 Å². The minimum absolute atomic E-state index is 0.457. The highest BCUT2D eigenvalue weighted by atomic mass is 35.5. The first-order chi connectivity index (χ1) is 12.2. The molecule has 3 heterocycles. The maximum atomic E-state index is 6.18. The second-order valence-electron chi connectivity index (χ2n) is 5.96. The quantitative estimate of drug-likeness (QED) is 0.603. The Kier molecular flexibility index (Phi) is 4.67. The molecule has 0 aliphatic heterocycles. The summed E-state index contributed by atoms with van der Waals surface area (Å²) >= 11 is 7.66. The van der Waals surface area contributed by atoms with Crippen molar-refractivity contribution in [2.75, 3.05) is 0 Å². The number of halogens is 1. The van der Waals surface area contributed by atoms with E-state index in [1.807, 2.05) is 12.1 Å². The molecule has 0 amide bonds. The van der Waals surface area contributed by atoms with Gasteiger partial charge in [0.15, 0.2) is 11.0 Å². The van der Waals surface area contributed by atoms with Crippen molar-refractivity contribution in [3.63, 3.8) is 0 Å². The Morgan fingerprint density at radius 1 is 1.20 bits per heavy atom. The molecule has 4 rings (SSSR count). The fourth-order valence-corrected chi connectivity index (χ4v) is 3.71. The summed E-state index contributed by atoms with van der Waals surface area (Å²) in [4.78, 5) is 13.1. The van der Waals surface area contributed by atoms with Gasteiger partial charge in [-0.3, -0.25) is 4.98 Å². The lowest BCUT2D eigenvalue weighted by Crippen LogP contribution is -2.02. The molecule has 1 aliphatic carbocycles. The van der Waals surface area contributed by atoms with Crippen LogP contribution in [0, 0.1) is 0 Å². The van der Waals surface area contributed by atoms with Gasteiger partial charge in [-0.2, -0.15) is 0 Å². The molecule has 8 heteroatoms. The number of rotatable bonds is 6. The van der Waals surface area contributed by atoms with E-state index < -0.39 is 0 Å². The molecular formula is C17H17ClN6S. The van der Waals surface area contributed by atoms with Gasteiger partial charge in [-0.25, -0.2) is 9.97 Å². The van der Waals surface area contributed by atoms with Crippen LogP contribution in [0.3, 0.4) is 0 Å². The monoisotopic (exact) mass is 372 g/mol. The fourth-order valence-electron chi connectivity index (χ4n) is 2.59. The highest BCUT2D eigenvalue weighted by molar-refractivity contribution is 7.99. The summed E-state index contributed by atoms with van der Waals surface area (Å²) in [5.74, 6) is 2.14. The van der Waals surface area contributed by atoms with Gasteiger partial charge in [-0.15, -0.1) is 10.2 Å². The molecule has 0 spiro atoms. The summed E-state index contributed by atoms with van der Waals surface area (Å²) in [6.07, 6.45) is 6.80. The Morgan fingerprint density at radius 2 is 2.00 bits per heavy atom. The highest BCUT2D eigenvalue weighted by Gasteiger charge is 2.27. The van der Waals surface area contributed by atoms with Crippen molar-refractivity contribution in [2.45, 2.75) is 48.8 Å². The van der Waals surface area contributed by atoms with Crippen LogP contribution in [0.15, 0.2) is 40.8 Å². The van der Waals surface area contributed by atoms with E-state index in [1.54, 1.807) is 18.5 Å². The Hall–Kier alpha value is -1.99. The van der Waals surface area contributed by atoms with Gasteiger partial charge in [-0.05, 0) is 43.2 Å². The number of hydrogen-bond donors (Lipinski definition) is 0. The highest BCUT2D eigenvalue weighted by Crippen LogP contribution is 2.39. The van der Waals surface area contributed by atoms with E-state index in [4.69, 9.17) is 11.6 Å². The van der Waals surface area contributed by atoms with E-state index in [9.17, 15) is 0 Å². The van der Waals surface area contributed by atoms with Crippen LogP contribution >= 0.6 is 23.4 Å². The summed E-state index contributed by atoms with van der Waals surface area (Å²) < 4.78 is 2.12. The number of hydrogen-bond acceptors (Lipinski definition) is 6. The third-order valence-corrected chi connectivity index (χ3v) is 5.03. The van der Waals surface area contributed by atoms with E-state index >= 15 is 0 Å². The zero-order valence-corrected chi connectivity index (χ0v) is 15.3. The summed E-state index contributed by atoms with van der Waals surface area (Å²) in [5.41, 5.74) is 1.00. The Morgan fingerprint density at radius 3 is 2.72 bits per heavy atom. The van der Waals surface area contributed by atoms with Gasteiger partial charge in [0.25, 0.3) is 0 Å². The van der Waals surface area contributed by atoms with Gasteiger partial charge < -0.3 is 4.57 Å². The van der Waals surface area contributed by atoms with Crippen LogP contribution in [0.25, 0.3) is 11.4 Å². The van der Waals surface area contributed by atoms with Gasteiger partial charge >= 0.3 is 0 Å². The van der Waals surface area contributed by atoms with Crippen molar-refractivity contribution < 1.29 is 0 Å². The standard InChI is InChI=1S/C17H17ClN6S/c1-2-9-24-16(12-5-7-19-8-6-12)22-23-17(24)25-14-10-13(18)20-15(21-14)11-3-4-11/h5-8,10-11H,2-4,9H2,1H3. The molecule has 1 aliphatic rings. The summed E-state index contributed by atoms with van der Waals surface area (Å²) in [5, 5.41) is 10.9. The molecule has 0 N–H and O–H groups in total. The third kappa shape index (κ3) is 3.67. The number of pyridine rings is 1. The van der Waals surface area contributed by atoms with E-state index in [2.05, 4.69) is 36.6 Å². The van der Waals surface area contributed by atoms with Crippen molar-refractivity contribution in [1.29, 1.82) is 0 Å². The minimum atomic E-state index is 0.457. The molecule has 6 nitrogen and oxygen atoms in total. The molecule has 0 radical (unpaired) electrons. The maximum absolute atomic E-state index is 6.18. The van der Waals surface area contributed by atoms with Crippen molar-refractivity contribution in [1.82, 2.24) is 29.7 Å². The third-order valence-electron chi connectivity index (χ3n) is 3.93. The van der Waals surface area contributed by atoms with Crippen LogP contribution < -0.4 is 0 Å². The lowest BCUT2D eigenvalue weighted by Gasteiger charge is -2.09. The fraction of sp³-hybridized carbons (Fsp3) is 0.353. The lowest BCUT2D eigenvalue weighted by molar-refractivity contribution is 0.626. The van der Waals surface area contributed by atoms with Crippen molar-refractivity contribution in [2.24, 2.45) is 0 Å². The van der Waals surface area contributed by atoms with Crippen LogP contribution in [-0.2, 0) is 6.54 Å². The molecule has 25 heavy (non-hydrogen) atoms. The second kappa shape index (κ2) is 7.09. The largest absolute Gasteiger partial charge is 0.302 e. The van der Waals surface area contributed by atoms with E-state index in [0.29, 0.717) is 11.1 Å². The van der Waals surface area contributed by atoms with Crippen LogP contribution in [0.1, 0.15) is 37.9 Å². The minimum Gasteiger partial charge on any atom is -0.302 e. The Labute approximate surface area is 155 Å². The summed E-state index contributed by atoms with van der Waals surface area (Å²) in [7, 11) is 0. The van der Waals surface area contributed by atoms with Crippen LogP contribution in [0.2, 0.25) is 5.15 Å². The van der Waals surface area contributed by atoms with Gasteiger partial charge in [-0.1, -0.05) is 18.5 Å².